The van der Waals surface area contributed by atoms with Gasteiger partial charge in [-0.15, -0.1) is 0 Å². The highest BCUT2D eigenvalue weighted by molar-refractivity contribution is 6.32. The number of ether oxygens (including phenoxy) is 1. The van der Waals surface area contributed by atoms with Gasteiger partial charge in [0.15, 0.2) is 5.15 Å². The first kappa shape index (κ1) is 15.6. The van der Waals surface area contributed by atoms with Gasteiger partial charge in [-0.05, 0) is 32.0 Å². The van der Waals surface area contributed by atoms with Crippen molar-refractivity contribution in [1.82, 2.24) is 19.7 Å². The molecule has 0 saturated carbocycles. The highest BCUT2D eigenvalue weighted by atomic mass is 35.5. The van der Waals surface area contributed by atoms with E-state index < -0.39 is 0 Å². The van der Waals surface area contributed by atoms with E-state index in [0.717, 1.165) is 16.9 Å². The summed E-state index contributed by atoms with van der Waals surface area (Å²) < 4.78 is 7.51. The molecule has 0 fully saturated rings. The summed E-state index contributed by atoms with van der Waals surface area (Å²) in [5.41, 5.74) is 8.48. The number of anilines is 1. The Kier molecular flexibility index (Phi) is 4.11. The maximum Gasteiger partial charge on any atom is 0.249 e. The minimum Gasteiger partial charge on any atom is -0.418 e. The van der Waals surface area contributed by atoms with Crippen LogP contribution in [0.25, 0.3) is 5.69 Å². The molecule has 118 valence electrons. The van der Waals surface area contributed by atoms with Crippen LogP contribution < -0.4 is 10.5 Å². The summed E-state index contributed by atoms with van der Waals surface area (Å²) in [4.78, 5) is 7.84. The lowest BCUT2D eigenvalue weighted by Crippen LogP contribution is -2.03. The molecule has 0 radical (unpaired) electrons. The third-order valence-electron chi connectivity index (χ3n) is 3.35. The Labute approximate surface area is 142 Å². The lowest BCUT2D eigenvalue weighted by atomic mass is 10.3. The largest absolute Gasteiger partial charge is 0.418 e. The number of nitrogen functional groups attached to an aromatic ring is 1. The van der Waals surface area contributed by atoms with E-state index in [1.165, 1.54) is 6.33 Å². The standard InChI is InChI=1S/C15H13Cl2N5O/c1-8-9(2)21-22(11-5-3-4-10(16)6-11)15(8)23-14-12(18)13(17)19-7-20-14/h3-7H,18H2,1-2H3. The van der Waals surface area contributed by atoms with Gasteiger partial charge in [-0.25, -0.2) is 9.67 Å². The molecular weight excluding hydrogens is 337 g/mol. The van der Waals surface area contributed by atoms with Gasteiger partial charge in [0.2, 0.25) is 11.8 Å². The molecule has 0 saturated heterocycles. The Morgan fingerprint density at radius 2 is 1.96 bits per heavy atom. The molecule has 23 heavy (non-hydrogen) atoms. The summed E-state index contributed by atoms with van der Waals surface area (Å²) in [6.07, 6.45) is 1.29. The molecule has 6 nitrogen and oxygen atoms in total. The lowest BCUT2D eigenvalue weighted by Gasteiger charge is -2.11. The number of benzene rings is 1. The molecule has 0 spiro atoms. The second-order valence-electron chi connectivity index (χ2n) is 4.89. The van der Waals surface area contributed by atoms with Crippen molar-refractivity contribution in [2.45, 2.75) is 13.8 Å². The summed E-state index contributed by atoms with van der Waals surface area (Å²) >= 11 is 12.0. The first-order valence-corrected chi connectivity index (χ1v) is 7.49. The Hall–Kier alpha value is -2.31. The monoisotopic (exact) mass is 349 g/mol. The van der Waals surface area contributed by atoms with E-state index in [1.807, 2.05) is 26.0 Å². The van der Waals surface area contributed by atoms with E-state index in [4.69, 9.17) is 33.7 Å². The molecule has 0 aliphatic heterocycles. The van der Waals surface area contributed by atoms with Crippen LogP contribution >= 0.6 is 23.2 Å². The van der Waals surface area contributed by atoms with E-state index >= 15 is 0 Å². The van der Waals surface area contributed by atoms with Crippen LogP contribution in [-0.2, 0) is 0 Å². The van der Waals surface area contributed by atoms with Gasteiger partial charge in [0.1, 0.15) is 12.0 Å². The number of aromatic nitrogens is 4. The third-order valence-corrected chi connectivity index (χ3v) is 3.89. The van der Waals surface area contributed by atoms with Crippen molar-refractivity contribution in [3.8, 4) is 17.4 Å². The van der Waals surface area contributed by atoms with Gasteiger partial charge in [-0.2, -0.15) is 10.1 Å². The maximum absolute atomic E-state index is 6.06. The van der Waals surface area contributed by atoms with Crippen LogP contribution in [0.4, 0.5) is 5.69 Å². The van der Waals surface area contributed by atoms with Crippen molar-refractivity contribution in [1.29, 1.82) is 0 Å². The summed E-state index contributed by atoms with van der Waals surface area (Å²) in [5.74, 6) is 0.669. The van der Waals surface area contributed by atoms with Crippen molar-refractivity contribution in [2.24, 2.45) is 0 Å². The van der Waals surface area contributed by atoms with E-state index in [-0.39, 0.29) is 16.7 Å². The Morgan fingerprint density at radius 3 is 2.70 bits per heavy atom. The molecule has 3 rings (SSSR count). The highest BCUT2D eigenvalue weighted by Crippen LogP contribution is 2.33. The predicted octanol–water partition coefficient (Wildman–Crippen LogP) is 3.96. The fraction of sp³-hybridized carbons (Fsp3) is 0.133. The molecule has 0 amide bonds. The van der Waals surface area contributed by atoms with E-state index in [2.05, 4.69) is 15.1 Å². The maximum atomic E-state index is 6.06. The summed E-state index contributed by atoms with van der Waals surface area (Å²) in [7, 11) is 0. The fourth-order valence-corrected chi connectivity index (χ4v) is 2.33. The molecule has 0 aliphatic rings. The van der Waals surface area contributed by atoms with Crippen LogP contribution in [0.3, 0.4) is 0 Å². The average molecular weight is 350 g/mol. The molecule has 1 aromatic carbocycles. The van der Waals surface area contributed by atoms with Gasteiger partial charge < -0.3 is 10.5 Å². The van der Waals surface area contributed by atoms with Gasteiger partial charge in [0.25, 0.3) is 0 Å². The number of hydrogen-bond donors (Lipinski definition) is 1. The molecule has 0 unspecified atom stereocenters. The summed E-state index contributed by atoms with van der Waals surface area (Å²) in [6.45, 7) is 3.79. The lowest BCUT2D eigenvalue weighted by molar-refractivity contribution is 0.426. The van der Waals surface area contributed by atoms with Crippen molar-refractivity contribution < 1.29 is 4.74 Å². The van der Waals surface area contributed by atoms with Crippen LogP contribution in [0, 0.1) is 13.8 Å². The smallest absolute Gasteiger partial charge is 0.249 e. The van der Waals surface area contributed by atoms with Crippen molar-refractivity contribution in [3.63, 3.8) is 0 Å². The molecule has 3 aromatic rings. The number of aryl methyl sites for hydroxylation is 1. The SMILES string of the molecule is Cc1nn(-c2cccc(Cl)c2)c(Oc2ncnc(Cl)c2N)c1C. The number of nitrogens with zero attached hydrogens (tertiary/aromatic N) is 4. The molecule has 8 heteroatoms. The van der Waals surface area contributed by atoms with E-state index in [1.54, 1.807) is 16.8 Å². The van der Waals surface area contributed by atoms with Crippen molar-refractivity contribution in [3.05, 3.63) is 52.0 Å². The van der Waals surface area contributed by atoms with Gasteiger partial charge in [-0.1, -0.05) is 29.3 Å². The van der Waals surface area contributed by atoms with Gasteiger partial charge in [0.05, 0.1) is 11.4 Å². The molecule has 2 aromatic heterocycles. The van der Waals surface area contributed by atoms with Crippen LogP contribution in [-0.4, -0.2) is 19.7 Å². The highest BCUT2D eigenvalue weighted by Gasteiger charge is 2.18. The Morgan fingerprint density at radius 1 is 1.17 bits per heavy atom. The second-order valence-corrected chi connectivity index (χ2v) is 5.69. The molecule has 0 atom stereocenters. The quantitative estimate of drug-likeness (QED) is 0.724. The average Bonchev–Trinajstić information content (AvgIpc) is 2.80. The Bertz CT molecular complexity index is 878. The molecule has 0 aliphatic carbocycles. The molecule has 2 heterocycles. The topological polar surface area (TPSA) is 78.8 Å². The second kappa shape index (κ2) is 6.06. The van der Waals surface area contributed by atoms with E-state index in [0.29, 0.717) is 10.9 Å². The molecule has 0 bridgehead atoms. The summed E-state index contributed by atoms with van der Waals surface area (Å²) in [5, 5.41) is 5.22. The molecule has 2 N–H and O–H groups in total. The Balaban J connectivity index is 2.11. The molecular formula is C15H13Cl2N5O. The zero-order chi connectivity index (χ0) is 16.6. The zero-order valence-corrected chi connectivity index (χ0v) is 13.9. The fourth-order valence-electron chi connectivity index (χ4n) is 2.02. The first-order valence-electron chi connectivity index (χ1n) is 6.73. The predicted molar refractivity (Wildman–Crippen MR) is 89.6 cm³/mol. The van der Waals surface area contributed by atoms with Crippen molar-refractivity contribution >= 4 is 28.9 Å². The minimum absolute atomic E-state index is 0.137. The van der Waals surface area contributed by atoms with Crippen LogP contribution in [0.1, 0.15) is 11.3 Å². The van der Waals surface area contributed by atoms with Gasteiger partial charge in [0, 0.05) is 10.6 Å². The van der Waals surface area contributed by atoms with Crippen LogP contribution in [0.5, 0.6) is 11.8 Å². The number of rotatable bonds is 3. The van der Waals surface area contributed by atoms with Crippen molar-refractivity contribution in [2.75, 3.05) is 5.73 Å². The van der Waals surface area contributed by atoms with Crippen LogP contribution in [0.2, 0.25) is 10.2 Å². The van der Waals surface area contributed by atoms with Gasteiger partial charge in [-0.3, -0.25) is 0 Å². The zero-order valence-electron chi connectivity index (χ0n) is 12.4. The first-order chi connectivity index (χ1) is 11.0. The van der Waals surface area contributed by atoms with Crippen LogP contribution in [0.15, 0.2) is 30.6 Å². The number of halogens is 2. The third kappa shape index (κ3) is 2.95. The van der Waals surface area contributed by atoms with Gasteiger partial charge >= 0.3 is 0 Å². The number of hydrogen-bond acceptors (Lipinski definition) is 5. The normalized spacial score (nSPS) is 10.8. The van der Waals surface area contributed by atoms with E-state index in [9.17, 15) is 0 Å². The summed E-state index contributed by atoms with van der Waals surface area (Å²) in [6, 6.07) is 7.29. The number of nitrogens with two attached hydrogens (primary N) is 1. The minimum atomic E-state index is 0.137.